The van der Waals surface area contributed by atoms with Crippen molar-refractivity contribution in [3.05, 3.63) is 0 Å². The van der Waals surface area contributed by atoms with E-state index in [1.807, 2.05) is 0 Å². The lowest BCUT2D eigenvalue weighted by Gasteiger charge is -2.28. The molecule has 3 nitrogen and oxygen atoms in total. The quantitative estimate of drug-likeness (QED) is 0.798. The SMILES string of the molecule is CCC1CCCN(C(=O)C2CCCNC2)CC1. The Morgan fingerprint density at radius 2 is 2.12 bits per heavy atom. The summed E-state index contributed by atoms with van der Waals surface area (Å²) in [5.74, 6) is 1.51. The standard InChI is InChI=1S/C14H26N2O/c1-2-12-5-4-9-16(10-7-12)14(17)13-6-3-8-15-11-13/h12-13,15H,2-11H2,1H3. The van der Waals surface area contributed by atoms with Crippen LogP contribution in [-0.2, 0) is 4.79 Å². The normalized spacial score (nSPS) is 31.0. The third kappa shape index (κ3) is 3.44. The summed E-state index contributed by atoms with van der Waals surface area (Å²) in [5.41, 5.74) is 0. The average Bonchev–Trinajstić information content (AvgIpc) is 2.64. The summed E-state index contributed by atoms with van der Waals surface area (Å²) in [6.45, 7) is 6.24. The molecule has 2 saturated heterocycles. The zero-order chi connectivity index (χ0) is 12.1. The molecule has 0 spiro atoms. The van der Waals surface area contributed by atoms with Gasteiger partial charge in [-0.25, -0.2) is 0 Å². The van der Waals surface area contributed by atoms with Gasteiger partial charge in [-0.3, -0.25) is 4.79 Å². The van der Waals surface area contributed by atoms with Gasteiger partial charge in [-0.1, -0.05) is 13.3 Å². The van der Waals surface area contributed by atoms with Crippen LogP contribution in [0.15, 0.2) is 0 Å². The second-order valence-corrected chi connectivity index (χ2v) is 5.57. The Labute approximate surface area is 105 Å². The third-order valence-corrected chi connectivity index (χ3v) is 4.38. The van der Waals surface area contributed by atoms with Crippen LogP contribution in [0.3, 0.4) is 0 Å². The molecule has 0 aromatic rings. The topological polar surface area (TPSA) is 32.3 Å². The summed E-state index contributed by atoms with van der Waals surface area (Å²) in [6, 6.07) is 0. The van der Waals surface area contributed by atoms with Gasteiger partial charge in [0.25, 0.3) is 0 Å². The third-order valence-electron chi connectivity index (χ3n) is 4.38. The number of likely N-dealkylation sites (tertiary alicyclic amines) is 1. The van der Waals surface area contributed by atoms with E-state index in [4.69, 9.17) is 0 Å². The maximum atomic E-state index is 12.4. The number of hydrogen-bond acceptors (Lipinski definition) is 2. The number of rotatable bonds is 2. The van der Waals surface area contributed by atoms with Crippen molar-refractivity contribution in [1.82, 2.24) is 10.2 Å². The van der Waals surface area contributed by atoms with Crippen molar-refractivity contribution in [2.45, 2.75) is 45.4 Å². The average molecular weight is 238 g/mol. The Morgan fingerprint density at radius 1 is 1.24 bits per heavy atom. The Bertz CT molecular complexity index is 249. The minimum absolute atomic E-state index is 0.252. The molecule has 3 heteroatoms. The molecule has 2 heterocycles. The predicted octanol–water partition coefficient (Wildman–Crippen LogP) is 2.02. The van der Waals surface area contributed by atoms with Crippen LogP contribution in [0.1, 0.15) is 45.4 Å². The predicted molar refractivity (Wildman–Crippen MR) is 69.8 cm³/mol. The van der Waals surface area contributed by atoms with Gasteiger partial charge in [0.1, 0.15) is 0 Å². The van der Waals surface area contributed by atoms with E-state index < -0.39 is 0 Å². The summed E-state index contributed by atoms with van der Waals surface area (Å²) in [4.78, 5) is 14.5. The maximum Gasteiger partial charge on any atom is 0.226 e. The van der Waals surface area contributed by atoms with Crippen LogP contribution in [0.5, 0.6) is 0 Å². The first kappa shape index (κ1) is 12.9. The highest BCUT2D eigenvalue weighted by atomic mass is 16.2. The summed E-state index contributed by atoms with van der Waals surface area (Å²) >= 11 is 0. The van der Waals surface area contributed by atoms with E-state index >= 15 is 0 Å². The fourth-order valence-corrected chi connectivity index (χ4v) is 3.11. The van der Waals surface area contributed by atoms with E-state index in [-0.39, 0.29) is 5.92 Å². The molecular weight excluding hydrogens is 212 g/mol. The fourth-order valence-electron chi connectivity index (χ4n) is 3.11. The highest BCUT2D eigenvalue weighted by Crippen LogP contribution is 2.22. The van der Waals surface area contributed by atoms with Crippen molar-refractivity contribution in [2.24, 2.45) is 11.8 Å². The van der Waals surface area contributed by atoms with Crippen LogP contribution in [0, 0.1) is 11.8 Å². The Hall–Kier alpha value is -0.570. The number of hydrogen-bond donors (Lipinski definition) is 1. The lowest BCUT2D eigenvalue weighted by molar-refractivity contribution is -0.136. The van der Waals surface area contributed by atoms with E-state index in [1.54, 1.807) is 0 Å². The van der Waals surface area contributed by atoms with E-state index in [0.29, 0.717) is 5.91 Å². The molecule has 17 heavy (non-hydrogen) atoms. The van der Waals surface area contributed by atoms with Crippen molar-refractivity contribution in [2.75, 3.05) is 26.2 Å². The van der Waals surface area contributed by atoms with Crippen molar-refractivity contribution < 1.29 is 4.79 Å². The molecule has 2 rings (SSSR count). The molecule has 2 unspecified atom stereocenters. The zero-order valence-electron chi connectivity index (χ0n) is 11.1. The number of nitrogens with zero attached hydrogens (tertiary/aromatic N) is 1. The molecule has 1 N–H and O–H groups in total. The molecule has 0 saturated carbocycles. The molecule has 2 aliphatic rings. The van der Waals surface area contributed by atoms with Gasteiger partial charge in [0.05, 0.1) is 5.92 Å². The van der Waals surface area contributed by atoms with Crippen molar-refractivity contribution in [3.8, 4) is 0 Å². The minimum atomic E-state index is 0.252. The first-order valence-electron chi connectivity index (χ1n) is 7.30. The van der Waals surface area contributed by atoms with Gasteiger partial charge in [0.2, 0.25) is 5.91 Å². The molecule has 2 atom stereocenters. The first-order chi connectivity index (χ1) is 8.31. The van der Waals surface area contributed by atoms with E-state index in [1.165, 1.54) is 25.7 Å². The number of carbonyl (C=O) groups is 1. The minimum Gasteiger partial charge on any atom is -0.342 e. The van der Waals surface area contributed by atoms with Gasteiger partial charge in [-0.15, -0.1) is 0 Å². The van der Waals surface area contributed by atoms with E-state index in [9.17, 15) is 4.79 Å². The van der Waals surface area contributed by atoms with Gasteiger partial charge in [-0.05, 0) is 44.6 Å². The van der Waals surface area contributed by atoms with E-state index in [2.05, 4.69) is 17.1 Å². The largest absolute Gasteiger partial charge is 0.342 e. The second-order valence-electron chi connectivity index (χ2n) is 5.57. The molecule has 0 aromatic heterocycles. The molecule has 1 amide bonds. The Morgan fingerprint density at radius 3 is 2.82 bits per heavy atom. The number of amides is 1. The number of nitrogens with one attached hydrogen (secondary N) is 1. The van der Waals surface area contributed by atoms with E-state index in [0.717, 1.165) is 44.9 Å². The van der Waals surface area contributed by atoms with Crippen LogP contribution < -0.4 is 5.32 Å². The van der Waals surface area contributed by atoms with Gasteiger partial charge in [0.15, 0.2) is 0 Å². The molecular formula is C14H26N2O. The molecule has 2 aliphatic heterocycles. The molecule has 2 fully saturated rings. The van der Waals surface area contributed by atoms with Gasteiger partial charge >= 0.3 is 0 Å². The summed E-state index contributed by atoms with van der Waals surface area (Å²) < 4.78 is 0. The molecule has 0 bridgehead atoms. The van der Waals surface area contributed by atoms with Crippen LogP contribution >= 0.6 is 0 Å². The van der Waals surface area contributed by atoms with Gasteiger partial charge in [-0.2, -0.15) is 0 Å². The van der Waals surface area contributed by atoms with Crippen LogP contribution in [0.2, 0.25) is 0 Å². The van der Waals surface area contributed by atoms with Crippen molar-refractivity contribution >= 4 is 5.91 Å². The lowest BCUT2D eigenvalue weighted by Crippen LogP contribution is -2.43. The highest BCUT2D eigenvalue weighted by molar-refractivity contribution is 5.79. The lowest BCUT2D eigenvalue weighted by atomic mass is 9.97. The molecule has 0 aromatic carbocycles. The van der Waals surface area contributed by atoms with Crippen molar-refractivity contribution in [3.63, 3.8) is 0 Å². The number of piperidine rings is 1. The Kier molecular flexibility index (Phi) is 4.84. The summed E-state index contributed by atoms with van der Waals surface area (Å²) in [5, 5.41) is 3.34. The van der Waals surface area contributed by atoms with Crippen LogP contribution in [0.4, 0.5) is 0 Å². The van der Waals surface area contributed by atoms with Crippen LogP contribution in [-0.4, -0.2) is 37.0 Å². The monoisotopic (exact) mass is 238 g/mol. The second kappa shape index (κ2) is 6.39. The van der Waals surface area contributed by atoms with Crippen LogP contribution in [0.25, 0.3) is 0 Å². The van der Waals surface area contributed by atoms with Gasteiger partial charge in [0, 0.05) is 19.6 Å². The molecule has 0 radical (unpaired) electrons. The smallest absolute Gasteiger partial charge is 0.226 e. The maximum absolute atomic E-state index is 12.4. The first-order valence-corrected chi connectivity index (χ1v) is 7.30. The summed E-state index contributed by atoms with van der Waals surface area (Å²) in [6.07, 6.45) is 7.23. The van der Waals surface area contributed by atoms with Crippen molar-refractivity contribution in [1.29, 1.82) is 0 Å². The molecule has 98 valence electrons. The summed E-state index contributed by atoms with van der Waals surface area (Å²) in [7, 11) is 0. The van der Waals surface area contributed by atoms with Gasteiger partial charge < -0.3 is 10.2 Å². The fraction of sp³-hybridized carbons (Fsp3) is 0.929. The highest BCUT2D eigenvalue weighted by Gasteiger charge is 2.27. The Balaban J connectivity index is 1.85. The zero-order valence-corrected chi connectivity index (χ0v) is 11.1. The molecule has 0 aliphatic carbocycles. The number of carbonyl (C=O) groups excluding carboxylic acids is 1.